The van der Waals surface area contributed by atoms with Gasteiger partial charge in [-0.2, -0.15) is 0 Å². The molecule has 5 heteroatoms. The van der Waals surface area contributed by atoms with Crippen LogP contribution >= 0.6 is 11.3 Å². The lowest BCUT2D eigenvalue weighted by molar-refractivity contribution is 0.338. The summed E-state index contributed by atoms with van der Waals surface area (Å²) in [5.74, 6) is 6.47. The van der Waals surface area contributed by atoms with Gasteiger partial charge in [0.1, 0.15) is 5.75 Å². The third-order valence-corrected chi connectivity index (χ3v) is 4.16. The number of hydrazine groups is 1. The maximum atomic E-state index is 5.70. The molecule has 1 atom stereocenters. The number of thiophene rings is 1. The SMILES string of the molecule is CCOc1cncc(C(NN)c2ccc(CC)s2)c1. The van der Waals surface area contributed by atoms with Crippen LogP contribution in [0.15, 0.2) is 30.6 Å². The van der Waals surface area contributed by atoms with Crippen molar-refractivity contribution in [1.82, 2.24) is 10.4 Å². The largest absolute Gasteiger partial charge is 0.492 e. The third kappa shape index (κ3) is 3.32. The highest BCUT2D eigenvalue weighted by Gasteiger charge is 2.15. The normalized spacial score (nSPS) is 12.4. The van der Waals surface area contributed by atoms with E-state index in [1.165, 1.54) is 9.75 Å². The number of rotatable bonds is 6. The quantitative estimate of drug-likeness (QED) is 0.629. The Bertz CT molecular complexity index is 527. The second-order valence-corrected chi connectivity index (χ2v) is 5.34. The van der Waals surface area contributed by atoms with Gasteiger partial charge in [0.15, 0.2) is 0 Å². The van der Waals surface area contributed by atoms with E-state index in [1.807, 2.05) is 19.2 Å². The molecular weight excluding hydrogens is 258 g/mol. The van der Waals surface area contributed by atoms with Gasteiger partial charge < -0.3 is 4.74 Å². The van der Waals surface area contributed by atoms with Crippen molar-refractivity contribution >= 4 is 11.3 Å². The van der Waals surface area contributed by atoms with Crippen molar-refractivity contribution < 1.29 is 4.74 Å². The van der Waals surface area contributed by atoms with Gasteiger partial charge in [-0.15, -0.1) is 11.3 Å². The van der Waals surface area contributed by atoms with Gasteiger partial charge in [-0.05, 0) is 37.1 Å². The van der Waals surface area contributed by atoms with Crippen LogP contribution in [0.25, 0.3) is 0 Å². The molecule has 0 saturated heterocycles. The fourth-order valence-electron chi connectivity index (χ4n) is 1.92. The summed E-state index contributed by atoms with van der Waals surface area (Å²) in [6.07, 6.45) is 4.57. The minimum atomic E-state index is -0.0433. The fourth-order valence-corrected chi connectivity index (χ4v) is 2.96. The molecule has 2 rings (SSSR count). The van der Waals surface area contributed by atoms with Gasteiger partial charge in [-0.3, -0.25) is 10.8 Å². The number of hydrogen-bond donors (Lipinski definition) is 2. The molecule has 2 aromatic heterocycles. The van der Waals surface area contributed by atoms with Crippen molar-refractivity contribution in [3.05, 3.63) is 45.9 Å². The zero-order valence-corrected chi connectivity index (χ0v) is 12.0. The lowest BCUT2D eigenvalue weighted by Crippen LogP contribution is -2.28. The van der Waals surface area contributed by atoms with Crippen molar-refractivity contribution in [2.24, 2.45) is 5.84 Å². The van der Waals surface area contributed by atoms with E-state index in [0.29, 0.717) is 6.61 Å². The summed E-state index contributed by atoms with van der Waals surface area (Å²) in [5.41, 5.74) is 3.87. The number of hydrogen-bond acceptors (Lipinski definition) is 5. The standard InChI is InChI=1S/C14H19N3OS/c1-3-12-5-6-13(19-12)14(17-15)10-7-11(18-4-2)9-16-8-10/h5-9,14,17H,3-4,15H2,1-2H3. The van der Waals surface area contributed by atoms with Gasteiger partial charge in [0, 0.05) is 16.0 Å². The third-order valence-electron chi connectivity index (χ3n) is 2.86. The number of nitrogens with zero attached hydrogens (tertiary/aromatic N) is 1. The molecule has 0 aliphatic heterocycles. The Balaban J connectivity index is 2.28. The molecule has 3 N–H and O–H groups in total. The minimum Gasteiger partial charge on any atom is -0.492 e. The number of nitrogens with two attached hydrogens (primary N) is 1. The number of nitrogens with one attached hydrogen (secondary N) is 1. The molecule has 0 amide bonds. The molecule has 0 aliphatic carbocycles. The molecule has 0 fully saturated rings. The van der Waals surface area contributed by atoms with E-state index in [1.54, 1.807) is 17.5 Å². The zero-order valence-electron chi connectivity index (χ0n) is 11.2. The van der Waals surface area contributed by atoms with Crippen molar-refractivity contribution in [2.45, 2.75) is 26.3 Å². The van der Waals surface area contributed by atoms with Crippen LogP contribution in [0.3, 0.4) is 0 Å². The fraction of sp³-hybridized carbons (Fsp3) is 0.357. The molecule has 0 saturated carbocycles. The molecule has 0 aromatic carbocycles. The average Bonchev–Trinajstić information content (AvgIpc) is 2.89. The van der Waals surface area contributed by atoms with Crippen molar-refractivity contribution in [3.63, 3.8) is 0 Å². The molecule has 2 heterocycles. The summed E-state index contributed by atoms with van der Waals surface area (Å²) in [6, 6.07) is 6.19. The van der Waals surface area contributed by atoms with Gasteiger partial charge >= 0.3 is 0 Å². The molecule has 0 bridgehead atoms. The first-order valence-corrected chi connectivity index (χ1v) is 7.22. The highest BCUT2D eigenvalue weighted by molar-refractivity contribution is 7.12. The maximum Gasteiger partial charge on any atom is 0.137 e. The van der Waals surface area contributed by atoms with E-state index in [2.05, 4.69) is 29.5 Å². The van der Waals surface area contributed by atoms with E-state index in [0.717, 1.165) is 17.7 Å². The first kappa shape index (κ1) is 14.0. The lowest BCUT2D eigenvalue weighted by Gasteiger charge is -2.15. The van der Waals surface area contributed by atoms with Crippen molar-refractivity contribution in [3.8, 4) is 5.75 Å². The van der Waals surface area contributed by atoms with Crippen LogP contribution < -0.4 is 16.0 Å². The molecule has 102 valence electrons. The molecule has 4 nitrogen and oxygen atoms in total. The second-order valence-electron chi connectivity index (χ2n) is 4.14. The van der Waals surface area contributed by atoms with Crippen LogP contribution in [0.4, 0.5) is 0 Å². The van der Waals surface area contributed by atoms with E-state index in [4.69, 9.17) is 10.6 Å². The molecule has 19 heavy (non-hydrogen) atoms. The summed E-state index contributed by atoms with van der Waals surface area (Å²) in [4.78, 5) is 6.75. The van der Waals surface area contributed by atoms with Crippen LogP contribution in [0.5, 0.6) is 5.75 Å². The number of pyridine rings is 1. The van der Waals surface area contributed by atoms with Crippen molar-refractivity contribution in [2.75, 3.05) is 6.61 Å². The minimum absolute atomic E-state index is 0.0433. The van der Waals surface area contributed by atoms with E-state index < -0.39 is 0 Å². The maximum absolute atomic E-state index is 5.70. The first-order valence-electron chi connectivity index (χ1n) is 6.41. The van der Waals surface area contributed by atoms with Crippen molar-refractivity contribution in [1.29, 1.82) is 0 Å². The van der Waals surface area contributed by atoms with Crippen LogP contribution in [0.2, 0.25) is 0 Å². The summed E-state index contributed by atoms with van der Waals surface area (Å²) < 4.78 is 5.48. The van der Waals surface area contributed by atoms with E-state index in [-0.39, 0.29) is 6.04 Å². The Labute approximate surface area is 117 Å². The summed E-state index contributed by atoms with van der Waals surface area (Å²) in [7, 11) is 0. The van der Waals surface area contributed by atoms with Crippen LogP contribution in [-0.4, -0.2) is 11.6 Å². The van der Waals surface area contributed by atoms with Crippen LogP contribution in [-0.2, 0) is 6.42 Å². The molecule has 0 radical (unpaired) electrons. The van der Waals surface area contributed by atoms with Crippen LogP contribution in [0, 0.1) is 0 Å². The van der Waals surface area contributed by atoms with Gasteiger partial charge in [0.05, 0.1) is 18.8 Å². The van der Waals surface area contributed by atoms with Gasteiger partial charge in [0.2, 0.25) is 0 Å². The molecular formula is C14H19N3OS. The summed E-state index contributed by atoms with van der Waals surface area (Å²) in [5, 5.41) is 0. The zero-order chi connectivity index (χ0) is 13.7. The monoisotopic (exact) mass is 277 g/mol. The summed E-state index contributed by atoms with van der Waals surface area (Å²) >= 11 is 1.77. The highest BCUT2D eigenvalue weighted by atomic mass is 32.1. The molecule has 0 spiro atoms. The first-order chi connectivity index (χ1) is 9.28. The Kier molecular flexibility index (Phi) is 4.90. The Morgan fingerprint density at radius 2 is 2.21 bits per heavy atom. The van der Waals surface area contributed by atoms with E-state index in [9.17, 15) is 0 Å². The Morgan fingerprint density at radius 1 is 1.37 bits per heavy atom. The van der Waals surface area contributed by atoms with E-state index >= 15 is 0 Å². The molecule has 2 aromatic rings. The van der Waals surface area contributed by atoms with Gasteiger partial charge in [-0.25, -0.2) is 5.43 Å². The van der Waals surface area contributed by atoms with Gasteiger partial charge in [-0.1, -0.05) is 6.92 Å². The lowest BCUT2D eigenvalue weighted by atomic mass is 10.1. The highest BCUT2D eigenvalue weighted by Crippen LogP contribution is 2.29. The Morgan fingerprint density at radius 3 is 2.84 bits per heavy atom. The number of ether oxygens (including phenoxy) is 1. The molecule has 1 unspecified atom stereocenters. The molecule has 0 aliphatic rings. The Hall–Kier alpha value is -1.43. The smallest absolute Gasteiger partial charge is 0.137 e. The second kappa shape index (κ2) is 6.65. The number of aryl methyl sites for hydroxylation is 1. The van der Waals surface area contributed by atoms with Crippen LogP contribution in [0.1, 0.15) is 35.2 Å². The van der Waals surface area contributed by atoms with Gasteiger partial charge in [0.25, 0.3) is 0 Å². The summed E-state index contributed by atoms with van der Waals surface area (Å²) in [6.45, 7) is 4.74. The number of aromatic nitrogens is 1. The predicted molar refractivity (Wildman–Crippen MR) is 78.3 cm³/mol. The predicted octanol–water partition coefficient (Wildman–Crippen LogP) is 2.66. The topological polar surface area (TPSA) is 60.2 Å². The average molecular weight is 277 g/mol.